The normalized spacial score (nSPS) is 28.3. The molecule has 2 atom stereocenters. The van der Waals surface area contributed by atoms with E-state index in [1.54, 1.807) is 0 Å². The molecule has 3 N–H and O–H groups in total. The Hall–Kier alpha value is -0.910. The first kappa shape index (κ1) is 13.5. The lowest BCUT2D eigenvalue weighted by atomic mass is 10.1. The molecule has 5 nitrogen and oxygen atoms in total. The molecule has 2 heterocycles. The molecule has 2 rings (SSSR count). The molecule has 0 aromatic carbocycles. The first-order chi connectivity index (χ1) is 8.75. The van der Waals surface area contributed by atoms with Gasteiger partial charge in [-0.3, -0.25) is 4.79 Å². The average molecular weight is 271 g/mol. The summed E-state index contributed by atoms with van der Waals surface area (Å²) in [7, 11) is 0. The number of hydrogen-bond acceptors (Lipinski definition) is 3. The smallest absolute Gasteiger partial charge is 0.315 e. The maximum absolute atomic E-state index is 11.7. The van der Waals surface area contributed by atoms with E-state index in [0.29, 0.717) is 11.8 Å². The Balaban J connectivity index is 1.70. The summed E-state index contributed by atoms with van der Waals surface area (Å²) in [6.45, 7) is 1.42. The Kier molecular flexibility index (Phi) is 5.16. The van der Waals surface area contributed by atoms with Crippen LogP contribution in [0.2, 0.25) is 0 Å². The van der Waals surface area contributed by atoms with Crippen molar-refractivity contribution in [3.63, 3.8) is 0 Å². The van der Waals surface area contributed by atoms with E-state index < -0.39 is 0 Å². The van der Waals surface area contributed by atoms with Gasteiger partial charge in [0.25, 0.3) is 0 Å². The summed E-state index contributed by atoms with van der Waals surface area (Å²) in [5, 5.41) is 8.98. The number of amides is 3. The van der Waals surface area contributed by atoms with Gasteiger partial charge >= 0.3 is 6.03 Å². The van der Waals surface area contributed by atoms with Crippen LogP contribution in [0.4, 0.5) is 4.79 Å². The summed E-state index contributed by atoms with van der Waals surface area (Å²) >= 11 is 1.91. The summed E-state index contributed by atoms with van der Waals surface area (Å²) in [6, 6.07) is -0.590. The molecule has 2 fully saturated rings. The average Bonchev–Trinajstić information content (AvgIpc) is 2.80. The van der Waals surface area contributed by atoms with Gasteiger partial charge in [-0.25, -0.2) is 4.79 Å². The number of nitrogens with one attached hydrogen (secondary N) is 3. The molecule has 2 aliphatic rings. The van der Waals surface area contributed by atoms with E-state index in [2.05, 4.69) is 16.0 Å². The predicted molar refractivity (Wildman–Crippen MR) is 72.7 cm³/mol. The lowest BCUT2D eigenvalue weighted by molar-refractivity contribution is -0.122. The highest BCUT2D eigenvalue weighted by Gasteiger charge is 2.23. The van der Waals surface area contributed by atoms with Crippen LogP contribution < -0.4 is 16.0 Å². The van der Waals surface area contributed by atoms with Crippen LogP contribution in [0.15, 0.2) is 0 Å². The van der Waals surface area contributed by atoms with Gasteiger partial charge in [0.1, 0.15) is 6.04 Å². The second-order valence-electron chi connectivity index (χ2n) is 4.83. The number of carbonyl (C=O) groups is 2. The first-order valence-electron chi connectivity index (χ1n) is 6.69. The third kappa shape index (κ3) is 4.08. The minimum atomic E-state index is -0.372. The molecule has 6 heteroatoms. The Morgan fingerprint density at radius 1 is 1.33 bits per heavy atom. The van der Waals surface area contributed by atoms with Gasteiger partial charge < -0.3 is 16.0 Å². The summed E-state index contributed by atoms with van der Waals surface area (Å²) in [6.07, 6.45) is 5.11. The molecule has 0 aromatic rings. The third-order valence-electron chi connectivity index (χ3n) is 3.35. The maximum Gasteiger partial charge on any atom is 0.315 e. The number of carbonyl (C=O) groups excluding carboxylic acids is 2. The fraction of sp³-hybridized carbons (Fsp3) is 0.833. The topological polar surface area (TPSA) is 70.2 Å². The fourth-order valence-corrected chi connectivity index (χ4v) is 3.50. The van der Waals surface area contributed by atoms with Crippen LogP contribution in [0.1, 0.15) is 32.1 Å². The van der Waals surface area contributed by atoms with Gasteiger partial charge in [0.05, 0.1) is 0 Å². The van der Waals surface area contributed by atoms with Crippen molar-refractivity contribution < 1.29 is 9.59 Å². The van der Waals surface area contributed by atoms with Crippen molar-refractivity contribution >= 4 is 23.7 Å². The quantitative estimate of drug-likeness (QED) is 0.713. The van der Waals surface area contributed by atoms with E-state index in [-0.39, 0.29) is 18.0 Å². The third-order valence-corrected chi connectivity index (χ3v) is 4.75. The van der Waals surface area contributed by atoms with Crippen LogP contribution in [0.3, 0.4) is 0 Å². The maximum atomic E-state index is 11.7. The zero-order valence-corrected chi connectivity index (χ0v) is 11.4. The molecule has 18 heavy (non-hydrogen) atoms. The molecule has 0 saturated carbocycles. The molecule has 102 valence electrons. The van der Waals surface area contributed by atoms with Crippen molar-refractivity contribution in [3.8, 4) is 0 Å². The van der Waals surface area contributed by atoms with Crippen LogP contribution in [-0.4, -0.2) is 42.1 Å². The molecule has 3 amide bonds. The van der Waals surface area contributed by atoms with Crippen LogP contribution in [0.25, 0.3) is 0 Å². The Labute approximate surface area is 112 Å². The second kappa shape index (κ2) is 6.87. The summed E-state index contributed by atoms with van der Waals surface area (Å²) in [5.41, 5.74) is 0. The highest BCUT2D eigenvalue weighted by Crippen LogP contribution is 2.25. The molecular formula is C12H21N3O2S. The summed E-state index contributed by atoms with van der Waals surface area (Å²) in [5.74, 6) is 1.14. The molecule has 0 aromatic heterocycles. The molecule has 0 bridgehead atoms. The van der Waals surface area contributed by atoms with Gasteiger partial charge in [-0.2, -0.15) is 11.8 Å². The monoisotopic (exact) mass is 271 g/mol. The van der Waals surface area contributed by atoms with E-state index in [9.17, 15) is 9.59 Å². The van der Waals surface area contributed by atoms with Crippen molar-refractivity contribution in [1.82, 2.24) is 16.0 Å². The SMILES string of the molecule is O=C(NC[C@H]1CCCS1)N[C@@H]1CCCCNC1=O. The molecule has 0 unspecified atom stereocenters. The van der Waals surface area contributed by atoms with Crippen molar-refractivity contribution in [2.24, 2.45) is 0 Å². The van der Waals surface area contributed by atoms with Gasteiger partial charge in [0.15, 0.2) is 0 Å². The Morgan fingerprint density at radius 2 is 2.22 bits per heavy atom. The van der Waals surface area contributed by atoms with Gasteiger partial charge in [0.2, 0.25) is 5.91 Å². The summed E-state index contributed by atoms with van der Waals surface area (Å²) in [4.78, 5) is 23.4. The van der Waals surface area contributed by atoms with Crippen LogP contribution in [-0.2, 0) is 4.79 Å². The molecule has 2 aliphatic heterocycles. The summed E-state index contributed by atoms with van der Waals surface area (Å²) < 4.78 is 0. The molecule has 2 saturated heterocycles. The molecular weight excluding hydrogens is 250 g/mol. The van der Waals surface area contributed by atoms with Crippen molar-refractivity contribution in [2.45, 2.75) is 43.4 Å². The fourth-order valence-electron chi connectivity index (χ4n) is 2.30. The highest BCUT2D eigenvalue weighted by molar-refractivity contribution is 8.00. The van der Waals surface area contributed by atoms with E-state index >= 15 is 0 Å². The van der Waals surface area contributed by atoms with Gasteiger partial charge in [0, 0.05) is 18.3 Å². The number of rotatable bonds is 3. The lowest BCUT2D eigenvalue weighted by Gasteiger charge is -2.17. The minimum absolute atomic E-state index is 0.0575. The van der Waals surface area contributed by atoms with E-state index in [4.69, 9.17) is 0 Å². The van der Waals surface area contributed by atoms with Crippen LogP contribution in [0.5, 0.6) is 0 Å². The van der Waals surface area contributed by atoms with Crippen LogP contribution in [0, 0.1) is 0 Å². The molecule has 0 aliphatic carbocycles. The van der Waals surface area contributed by atoms with Crippen molar-refractivity contribution in [2.75, 3.05) is 18.8 Å². The highest BCUT2D eigenvalue weighted by atomic mass is 32.2. The standard InChI is InChI=1S/C12H21N3O2S/c16-11-10(5-1-2-6-13-11)15-12(17)14-8-9-4-3-7-18-9/h9-10H,1-8H2,(H,13,16)(H2,14,15,17)/t9-,10-/m1/s1. The largest absolute Gasteiger partial charge is 0.354 e. The molecule has 0 radical (unpaired) electrons. The van der Waals surface area contributed by atoms with Gasteiger partial charge in [-0.15, -0.1) is 0 Å². The van der Waals surface area contributed by atoms with Crippen LogP contribution >= 0.6 is 11.8 Å². The van der Waals surface area contributed by atoms with Gasteiger partial charge in [-0.1, -0.05) is 0 Å². The van der Waals surface area contributed by atoms with E-state index in [0.717, 1.165) is 25.8 Å². The number of hydrogen-bond donors (Lipinski definition) is 3. The first-order valence-corrected chi connectivity index (χ1v) is 7.74. The van der Waals surface area contributed by atoms with Crippen molar-refractivity contribution in [3.05, 3.63) is 0 Å². The zero-order valence-electron chi connectivity index (χ0n) is 10.5. The second-order valence-corrected chi connectivity index (χ2v) is 6.24. The molecule has 0 spiro atoms. The van der Waals surface area contributed by atoms with E-state index in [1.165, 1.54) is 18.6 Å². The Bertz CT molecular complexity index is 306. The zero-order chi connectivity index (χ0) is 12.8. The van der Waals surface area contributed by atoms with Gasteiger partial charge in [-0.05, 0) is 37.9 Å². The Morgan fingerprint density at radius 3 is 3.00 bits per heavy atom. The van der Waals surface area contributed by atoms with Crippen molar-refractivity contribution in [1.29, 1.82) is 0 Å². The minimum Gasteiger partial charge on any atom is -0.354 e. The number of urea groups is 1. The predicted octanol–water partition coefficient (Wildman–Crippen LogP) is 0.850. The van der Waals surface area contributed by atoms with E-state index in [1.807, 2.05) is 11.8 Å². The lowest BCUT2D eigenvalue weighted by Crippen LogP contribution is -2.49. The number of thioether (sulfide) groups is 1.